The van der Waals surface area contributed by atoms with Crippen LogP contribution in [0.4, 0.5) is 0 Å². The van der Waals surface area contributed by atoms with Crippen molar-refractivity contribution in [2.24, 2.45) is 0 Å². The van der Waals surface area contributed by atoms with E-state index in [-0.39, 0.29) is 0 Å². The third kappa shape index (κ3) is 3.21. The first-order valence-corrected chi connectivity index (χ1v) is 3.19. The van der Waals surface area contributed by atoms with Gasteiger partial charge in [0.25, 0.3) is 8.05 Å². The maximum absolute atomic E-state index is 9.92. The Balaban J connectivity index is 3.61. The van der Waals surface area contributed by atoms with Gasteiger partial charge in [-0.25, -0.2) is 4.57 Å². The molecular formula is H3BO4P2. The monoisotopic (exact) mass is 140 g/mol. The van der Waals surface area contributed by atoms with E-state index in [0.29, 0.717) is 0 Å². The lowest BCUT2D eigenvalue weighted by molar-refractivity contribution is 0.315. The normalized spacial score (nSPS) is 18.6. The molecule has 0 saturated heterocycles. The molecule has 40 valence electrons. The zero-order valence-corrected chi connectivity index (χ0v) is 5.32. The Kier molecular flexibility index (Phi) is 3.04. The molecule has 0 saturated carbocycles. The molecule has 0 bridgehead atoms. The van der Waals surface area contributed by atoms with E-state index in [2.05, 4.69) is 16.8 Å². The van der Waals surface area contributed by atoms with E-state index in [9.17, 15) is 4.57 Å². The van der Waals surface area contributed by atoms with Gasteiger partial charge in [-0.2, -0.15) is 0 Å². The highest BCUT2D eigenvalue weighted by Crippen LogP contribution is 2.43. The summed E-state index contributed by atoms with van der Waals surface area (Å²) in [6.45, 7) is 0. The predicted octanol–water partition coefficient (Wildman–Crippen LogP) is -0.00640. The lowest BCUT2D eigenvalue weighted by Gasteiger charge is -2.02. The molecule has 0 aromatic carbocycles. The van der Waals surface area contributed by atoms with Crippen LogP contribution in [0.1, 0.15) is 0 Å². The van der Waals surface area contributed by atoms with Crippen LogP contribution >= 0.6 is 17.3 Å². The van der Waals surface area contributed by atoms with Gasteiger partial charge >= 0.3 is 7.82 Å². The molecule has 1 N–H and O–H groups in total. The minimum Gasteiger partial charge on any atom is -0.362 e. The number of rotatable bonds is 2. The first kappa shape index (κ1) is 7.60. The summed E-state index contributed by atoms with van der Waals surface area (Å²) in [7, 11) is 1.90. The standard InChI is InChI=1S/BH3O4P2/c1-4-7(2,3)5-6/h6H2,(H,2,3). The minimum absolute atomic E-state index is 1.55. The highest BCUT2D eigenvalue weighted by atomic mass is 31.2. The molecule has 0 amide bonds. The van der Waals surface area contributed by atoms with Crippen molar-refractivity contribution in [3.05, 3.63) is 0 Å². The van der Waals surface area contributed by atoms with Crippen LogP contribution in [-0.2, 0) is 13.3 Å². The molecule has 2 unspecified atom stereocenters. The summed E-state index contributed by atoms with van der Waals surface area (Å²) in [6.07, 6.45) is 0. The summed E-state index contributed by atoms with van der Waals surface area (Å²) in [5.74, 6) is 0. The van der Waals surface area contributed by atoms with Crippen molar-refractivity contribution >= 4 is 25.3 Å². The SMILES string of the molecule is [B]OP(=O)(O)OP. The Bertz CT molecular complexity index is 81.7. The van der Waals surface area contributed by atoms with Crippen molar-refractivity contribution in [1.82, 2.24) is 0 Å². The second-order valence-electron chi connectivity index (χ2n) is 0.679. The average Bonchev–Trinajstić information content (AvgIpc) is 1.68. The topological polar surface area (TPSA) is 55.8 Å². The highest BCUT2D eigenvalue weighted by Gasteiger charge is 2.12. The second kappa shape index (κ2) is 2.80. The Morgan fingerprint density at radius 3 is 2.29 bits per heavy atom. The van der Waals surface area contributed by atoms with Crippen LogP contribution in [0.5, 0.6) is 0 Å². The van der Waals surface area contributed by atoms with Gasteiger partial charge in [0.05, 0.1) is 0 Å². The van der Waals surface area contributed by atoms with E-state index in [0.717, 1.165) is 0 Å². The maximum Gasteiger partial charge on any atom is 0.459 e. The molecule has 0 rings (SSSR count). The first-order chi connectivity index (χ1) is 3.12. The fraction of sp³-hybridized carbons (Fsp3) is 0. The maximum atomic E-state index is 9.92. The molecule has 0 spiro atoms. The quantitative estimate of drug-likeness (QED) is 0.432. The fourth-order valence-electron chi connectivity index (χ4n) is 0.0248. The van der Waals surface area contributed by atoms with Crippen molar-refractivity contribution in [3.63, 3.8) is 0 Å². The molecule has 0 aliphatic heterocycles. The molecule has 7 heavy (non-hydrogen) atoms. The summed E-state index contributed by atoms with van der Waals surface area (Å²) in [4.78, 5) is 8.10. The van der Waals surface area contributed by atoms with E-state index in [4.69, 9.17) is 4.89 Å². The van der Waals surface area contributed by atoms with E-state index in [1.165, 1.54) is 0 Å². The van der Waals surface area contributed by atoms with Gasteiger partial charge in [-0.1, -0.05) is 0 Å². The molecule has 0 aromatic heterocycles. The molecular weight excluding hydrogens is 137 g/mol. The summed E-state index contributed by atoms with van der Waals surface area (Å²) in [5.41, 5.74) is 0. The van der Waals surface area contributed by atoms with Gasteiger partial charge in [0.1, 0.15) is 0 Å². The van der Waals surface area contributed by atoms with E-state index in [1.54, 1.807) is 9.47 Å². The number of hydrogen-bond donors (Lipinski definition) is 1. The summed E-state index contributed by atoms with van der Waals surface area (Å²) in [5, 5.41) is 0. The van der Waals surface area contributed by atoms with Gasteiger partial charge in [-0.15, -0.1) is 0 Å². The van der Waals surface area contributed by atoms with Gasteiger partial charge in [0, 0.05) is 9.47 Å². The zero-order valence-electron chi connectivity index (χ0n) is 3.27. The van der Waals surface area contributed by atoms with Crippen LogP contribution in [-0.4, -0.2) is 12.9 Å². The number of phosphoric acid groups is 1. The predicted molar refractivity (Wildman–Crippen MR) is 27.5 cm³/mol. The van der Waals surface area contributed by atoms with Crippen molar-refractivity contribution in [2.75, 3.05) is 0 Å². The molecule has 0 heterocycles. The molecule has 2 atom stereocenters. The van der Waals surface area contributed by atoms with Crippen LogP contribution in [0.25, 0.3) is 0 Å². The van der Waals surface area contributed by atoms with Gasteiger partial charge in [-0.05, 0) is 0 Å². The summed E-state index contributed by atoms with van der Waals surface area (Å²) >= 11 is 0. The van der Waals surface area contributed by atoms with Crippen molar-refractivity contribution in [3.8, 4) is 0 Å². The van der Waals surface area contributed by atoms with Crippen LogP contribution in [0, 0.1) is 0 Å². The molecule has 4 nitrogen and oxygen atoms in total. The zero-order chi connectivity index (χ0) is 5.91. The Morgan fingerprint density at radius 1 is 1.86 bits per heavy atom. The fourth-order valence-corrected chi connectivity index (χ4v) is 0.224. The average molecular weight is 140 g/mol. The lowest BCUT2D eigenvalue weighted by atomic mass is 10.6. The summed E-state index contributed by atoms with van der Waals surface area (Å²) < 4.78 is 17.1. The third-order valence-electron chi connectivity index (χ3n) is 0.266. The van der Waals surface area contributed by atoms with Crippen molar-refractivity contribution in [2.45, 2.75) is 0 Å². The van der Waals surface area contributed by atoms with E-state index >= 15 is 0 Å². The van der Waals surface area contributed by atoms with Crippen LogP contribution < -0.4 is 0 Å². The van der Waals surface area contributed by atoms with Crippen LogP contribution in [0.2, 0.25) is 0 Å². The Morgan fingerprint density at radius 2 is 2.29 bits per heavy atom. The largest absolute Gasteiger partial charge is 0.459 e. The molecule has 2 radical (unpaired) electrons. The van der Waals surface area contributed by atoms with Crippen molar-refractivity contribution in [1.29, 1.82) is 0 Å². The van der Waals surface area contributed by atoms with Gasteiger partial charge in [-0.3, -0.25) is 4.31 Å². The summed E-state index contributed by atoms with van der Waals surface area (Å²) in [6, 6.07) is 0. The van der Waals surface area contributed by atoms with Gasteiger partial charge in [0.15, 0.2) is 0 Å². The van der Waals surface area contributed by atoms with Crippen molar-refractivity contribution < 1.29 is 18.2 Å². The number of hydrogen-bond acceptors (Lipinski definition) is 3. The smallest absolute Gasteiger partial charge is 0.362 e. The molecule has 0 aliphatic rings. The van der Waals surface area contributed by atoms with E-state index in [1.807, 2.05) is 0 Å². The second-order valence-corrected chi connectivity index (χ2v) is 2.67. The van der Waals surface area contributed by atoms with Crippen LogP contribution in [0.3, 0.4) is 0 Å². The van der Waals surface area contributed by atoms with Gasteiger partial charge < -0.3 is 9.33 Å². The molecule has 0 aliphatic carbocycles. The molecule has 0 aromatic rings. The van der Waals surface area contributed by atoms with Crippen LogP contribution in [0.15, 0.2) is 0 Å². The Labute approximate surface area is 44.5 Å². The van der Waals surface area contributed by atoms with Gasteiger partial charge in [0.2, 0.25) is 0 Å². The lowest BCUT2D eigenvalue weighted by Crippen LogP contribution is -1.80. The molecule has 0 fully saturated rings. The van der Waals surface area contributed by atoms with E-state index < -0.39 is 7.82 Å². The minimum atomic E-state index is -3.91. The first-order valence-electron chi connectivity index (χ1n) is 1.22. The highest BCUT2D eigenvalue weighted by molar-refractivity contribution is 7.52. The molecule has 7 heteroatoms. The Hall–Kier alpha value is 0.605. The third-order valence-corrected chi connectivity index (χ3v) is 1.60.